The molecule has 1 aromatic carbocycles. The lowest BCUT2D eigenvalue weighted by Gasteiger charge is -2.06. The molecule has 0 aliphatic heterocycles. The average Bonchev–Trinajstić information content (AvgIpc) is 3.38. The molecule has 136 valence electrons. The zero-order chi connectivity index (χ0) is 18.8. The fraction of sp³-hybridized carbons (Fsp3) is 0.111. The number of nitrogens with zero attached hydrogens (tertiary/aromatic N) is 6. The highest BCUT2D eigenvalue weighted by Gasteiger charge is 2.18. The summed E-state index contributed by atoms with van der Waals surface area (Å²) >= 11 is 3.42. The molecule has 0 fully saturated rings. The van der Waals surface area contributed by atoms with Crippen LogP contribution in [0.1, 0.15) is 15.9 Å². The smallest absolute Gasteiger partial charge is 0.263 e. The monoisotopic (exact) mass is 425 g/mol. The quantitative estimate of drug-likeness (QED) is 0.532. The van der Waals surface area contributed by atoms with Crippen molar-refractivity contribution in [3.63, 3.8) is 0 Å². The molecule has 0 aliphatic carbocycles. The van der Waals surface area contributed by atoms with Crippen LogP contribution in [0, 0.1) is 0 Å². The van der Waals surface area contributed by atoms with Gasteiger partial charge in [0.2, 0.25) is 5.95 Å². The van der Waals surface area contributed by atoms with Crippen LogP contribution in [0.15, 0.2) is 65.8 Å². The summed E-state index contributed by atoms with van der Waals surface area (Å²) in [6.07, 6.45) is 6.84. The zero-order valence-corrected chi connectivity index (χ0v) is 16.0. The molecule has 27 heavy (non-hydrogen) atoms. The number of carbonyl (C=O) groups excluding carboxylic acids is 1. The van der Waals surface area contributed by atoms with Gasteiger partial charge in [0.1, 0.15) is 17.7 Å². The molecular weight excluding hydrogens is 410 g/mol. The van der Waals surface area contributed by atoms with Gasteiger partial charge in [0.25, 0.3) is 5.91 Å². The Labute approximate surface area is 163 Å². The van der Waals surface area contributed by atoms with Crippen LogP contribution in [-0.4, -0.2) is 35.0 Å². The Kier molecular flexibility index (Phi) is 4.59. The molecule has 0 saturated heterocycles. The van der Waals surface area contributed by atoms with Crippen LogP contribution in [0.25, 0.3) is 5.82 Å². The van der Waals surface area contributed by atoms with Crippen molar-refractivity contribution in [2.75, 3.05) is 5.32 Å². The van der Waals surface area contributed by atoms with Crippen molar-refractivity contribution in [1.29, 1.82) is 0 Å². The van der Waals surface area contributed by atoms with Gasteiger partial charge in [0, 0.05) is 23.9 Å². The number of rotatable bonds is 5. The maximum absolute atomic E-state index is 12.7. The Balaban J connectivity index is 1.50. The number of amides is 1. The van der Waals surface area contributed by atoms with Gasteiger partial charge in [-0.1, -0.05) is 28.1 Å². The average molecular weight is 426 g/mol. The SMILES string of the molecule is Cn1ncc(C(=O)Nc2ncn(Cc3ccc(Br)cc3)n2)c1-n1cccc1. The van der Waals surface area contributed by atoms with E-state index in [9.17, 15) is 4.79 Å². The highest BCUT2D eigenvalue weighted by atomic mass is 79.9. The minimum absolute atomic E-state index is 0.249. The summed E-state index contributed by atoms with van der Waals surface area (Å²) in [5, 5.41) is 11.2. The van der Waals surface area contributed by atoms with Crippen LogP contribution in [0.2, 0.25) is 0 Å². The van der Waals surface area contributed by atoms with E-state index in [4.69, 9.17) is 0 Å². The normalized spacial score (nSPS) is 10.9. The molecule has 3 aromatic heterocycles. The third kappa shape index (κ3) is 3.68. The first-order valence-corrected chi connectivity index (χ1v) is 9.00. The number of halogens is 1. The number of aryl methyl sites for hydroxylation is 1. The molecule has 0 saturated carbocycles. The molecule has 0 unspecified atom stereocenters. The number of benzene rings is 1. The zero-order valence-electron chi connectivity index (χ0n) is 14.5. The summed E-state index contributed by atoms with van der Waals surface area (Å²) in [5.41, 5.74) is 1.53. The van der Waals surface area contributed by atoms with E-state index in [2.05, 4.69) is 36.4 Å². The van der Waals surface area contributed by atoms with Crippen molar-refractivity contribution in [1.82, 2.24) is 29.1 Å². The number of anilines is 1. The van der Waals surface area contributed by atoms with Crippen molar-refractivity contribution >= 4 is 27.8 Å². The number of nitrogens with one attached hydrogen (secondary N) is 1. The largest absolute Gasteiger partial charge is 0.308 e. The summed E-state index contributed by atoms with van der Waals surface area (Å²) in [6, 6.07) is 11.7. The van der Waals surface area contributed by atoms with E-state index < -0.39 is 0 Å². The number of carbonyl (C=O) groups is 1. The summed E-state index contributed by atoms with van der Waals surface area (Å²) in [6.45, 7) is 0.567. The summed E-state index contributed by atoms with van der Waals surface area (Å²) in [5.74, 6) is 0.611. The number of hydrogen-bond donors (Lipinski definition) is 1. The van der Waals surface area contributed by atoms with E-state index in [1.54, 1.807) is 22.7 Å². The van der Waals surface area contributed by atoms with Crippen molar-refractivity contribution in [2.24, 2.45) is 7.05 Å². The van der Waals surface area contributed by atoms with Gasteiger partial charge in [-0.05, 0) is 29.8 Å². The highest BCUT2D eigenvalue weighted by molar-refractivity contribution is 9.10. The first-order valence-electron chi connectivity index (χ1n) is 8.21. The maximum Gasteiger partial charge on any atom is 0.263 e. The molecule has 1 N–H and O–H groups in total. The molecule has 8 nitrogen and oxygen atoms in total. The number of aromatic nitrogens is 6. The van der Waals surface area contributed by atoms with E-state index in [0.717, 1.165) is 10.0 Å². The van der Waals surface area contributed by atoms with E-state index in [0.29, 0.717) is 17.9 Å². The molecule has 0 radical (unpaired) electrons. The lowest BCUT2D eigenvalue weighted by atomic mass is 10.2. The fourth-order valence-corrected chi connectivity index (χ4v) is 3.01. The molecular formula is C18H16BrN7O. The van der Waals surface area contributed by atoms with Gasteiger partial charge >= 0.3 is 0 Å². The molecule has 0 bridgehead atoms. The van der Waals surface area contributed by atoms with E-state index in [1.807, 2.05) is 53.4 Å². The second-order valence-corrected chi connectivity index (χ2v) is 6.86. The Morgan fingerprint density at radius 3 is 2.67 bits per heavy atom. The Morgan fingerprint density at radius 1 is 1.19 bits per heavy atom. The van der Waals surface area contributed by atoms with Gasteiger partial charge in [-0.2, -0.15) is 5.10 Å². The summed E-state index contributed by atoms with van der Waals surface area (Å²) < 4.78 is 6.18. The van der Waals surface area contributed by atoms with Gasteiger partial charge in [0.05, 0.1) is 12.7 Å². The van der Waals surface area contributed by atoms with Crippen molar-refractivity contribution in [3.8, 4) is 5.82 Å². The minimum Gasteiger partial charge on any atom is -0.308 e. The number of hydrogen-bond acceptors (Lipinski definition) is 4. The van der Waals surface area contributed by atoms with Crippen LogP contribution in [0.5, 0.6) is 0 Å². The molecule has 0 atom stereocenters. The maximum atomic E-state index is 12.7. The second kappa shape index (κ2) is 7.20. The topological polar surface area (TPSA) is 82.6 Å². The first kappa shape index (κ1) is 17.2. The molecule has 1 amide bonds. The Bertz CT molecular complexity index is 1060. The third-order valence-corrected chi connectivity index (χ3v) is 4.55. The molecule has 0 aliphatic rings. The van der Waals surface area contributed by atoms with Crippen LogP contribution >= 0.6 is 15.9 Å². The lowest BCUT2D eigenvalue weighted by Crippen LogP contribution is -2.16. The lowest BCUT2D eigenvalue weighted by molar-refractivity contribution is 0.102. The second-order valence-electron chi connectivity index (χ2n) is 5.94. The third-order valence-electron chi connectivity index (χ3n) is 4.02. The van der Waals surface area contributed by atoms with Gasteiger partial charge in [-0.3, -0.25) is 14.8 Å². The van der Waals surface area contributed by atoms with E-state index >= 15 is 0 Å². The van der Waals surface area contributed by atoms with Gasteiger partial charge in [0.15, 0.2) is 0 Å². The molecule has 3 heterocycles. The molecule has 4 rings (SSSR count). The summed E-state index contributed by atoms with van der Waals surface area (Å²) in [7, 11) is 1.79. The Hall–Kier alpha value is -3.20. The predicted octanol–water partition coefficient (Wildman–Crippen LogP) is 2.87. The predicted molar refractivity (Wildman–Crippen MR) is 104 cm³/mol. The standard InChI is InChI=1S/C18H16BrN7O/c1-24-17(25-8-2-3-9-25)15(10-21-24)16(27)22-18-20-12-26(23-18)11-13-4-6-14(19)7-5-13/h2-10,12H,11H2,1H3,(H,22,23,27). The van der Waals surface area contributed by atoms with Crippen LogP contribution in [0.4, 0.5) is 5.95 Å². The van der Waals surface area contributed by atoms with Gasteiger partial charge in [-0.15, -0.1) is 5.10 Å². The van der Waals surface area contributed by atoms with Crippen LogP contribution < -0.4 is 5.32 Å². The minimum atomic E-state index is -0.312. The van der Waals surface area contributed by atoms with Crippen LogP contribution in [-0.2, 0) is 13.6 Å². The molecule has 4 aromatic rings. The van der Waals surface area contributed by atoms with Gasteiger partial charge < -0.3 is 4.57 Å². The first-order chi connectivity index (χ1) is 13.1. The van der Waals surface area contributed by atoms with E-state index in [-0.39, 0.29) is 11.9 Å². The van der Waals surface area contributed by atoms with E-state index in [1.165, 1.54) is 6.20 Å². The molecule has 9 heteroatoms. The highest BCUT2D eigenvalue weighted by Crippen LogP contribution is 2.15. The van der Waals surface area contributed by atoms with Crippen molar-refractivity contribution in [2.45, 2.75) is 6.54 Å². The molecule has 0 spiro atoms. The van der Waals surface area contributed by atoms with Crippen LogP contribution in [0.3, 0.4) is 0 Å². The van der Waals surface area contributed by atoms with Crippen molar-refractivity contribution < 1.29 is 4.79 Å². The van der Waals surface area contributed by atoms with Gasteiger partial charge in [-0.25, -0.2) is 9.67 Å². The van der Waals surface area contributed by atoms with Crippen molar-refractivity contribution in [3.05, 3.63) is 76.9 Å². The Morgan fingerprint density at radius 2 is 1.93 bits per heavy atom. The fourth-order valence-electron chi connectivity index (χ4n) is 2.75. The summed E-state index contributed by atoms with van der Waals surface area (Å²) in [4.78, 5) is 16.8.